The van der Waals surface area contributed by atoms with E-state index in [9.17, 15) is 4.79 Å². The highest BCUT2D eigenvalue weighted by Crippen LogP contribution is 2.34. The molecule has 4 aromatic carbocycles. The lowest BCUT2D eigenvalue weighted by Gasteiger charge is -2.08. The van der Waals surface area contributed by atoms with Crippen molar-refractivity contribution in [3.63, 3.8) is 0 Å². The second-order valence-corrected chi connectivity index (χ2v) is 8.83. The van der Waals surface area contributed by atoms with Crippen molar-refractivity contribution in [3.8, 4) is 23.0 Å². The van der Waals surface area contributed by atoms with E-state index in [0.717, 1.165) is 22.4 Å². The van der Waals surface area contributed by atoms with Crippen LogP contribution < -0.4 is 24.3 Å². The lowest BCUT2D eigenvalue weighted by molar-refractivity contribution is 0.102. The first-order valence-corrected chi connectivity index (χ1v) is 12.2. The number of amides is 1. The number of fused-ring (bicyclic) bond motifs is 2. The van der Waals surface area contributed by atoms with Gasteiger partial charge in [-0.3, -0.25) is 9.48 Å². The third-order valence-corrected chi connectivity index (χ3v) is 6.31. The maximum Gasteiger partial charge on any atom is 0.276 e. The monoisotopic (exact) mass is 507 g/mol. The van der Waals surface area contributed by atoms with E-state index >= 15 is 0 Å². The number of nitrogens with zero attached hydrogens (tertiary/aromatic N) is 2. The molecule has 1 aliphatic rings. The van der Waals surface area contributed by atoms with Gasteiger partial charge in [-0.1, -0.05) is 42.5 Å². The van der Waals surface area contributed by atoms with Gasteiger partial charge in [0, 0.05) is 17.1 Å². The van der Waals surface area contributed by atoms with Gasteiger partial charge < -0.3 is 24.3 Å². The quantitative estimate of drug-likeness (QED) is 0.292. The summed E-state index contributed by atoms with van der Waals surface area (Å²) in [6.07, 6.45) is 0. The molecule has 8 nitrogen and oxygen atoms in total. The van der Waals surface area contributed by atoms with Gasteiger partial charge in [-0.05, 0) is 53.6 Å². The van der Waals surface area contributed by atoms with Crippen LogP contribution in [0, 0.1) is 0 Å². The van der Waals surface area contributed by atoms with Crippen LogP contribution in [0.1, 0.15) is 21.6 Å². The van der Waals surface area contributed by atoms with Crippen LogP contribution in [0.15, 0.2) is 91.0 Å². The van der Waals surface area contributed by atoms with Crippen LogP contribution in [0.4, 0.5) is 5.69 Å². The first-order valence-electron chi connectivity index (χ1n) is 12.2. The number of ether oxygens (including phenoxy) is 4. The predicted octanol–water partition coefficient (Wildman–Crippen LogP) is 5.65. The van der Waals surface area contributed by atoms with Gasteiger partial charge in [0.2, 0.25) is 6.79 Å². The summed E-state index contributed by atoms with van der Waals surface area (Å²) in [6.45, 7) is 1.16. The van der Waals surface area contributed by atoms with Crippen LogP contribution in [0.2, 0.25) is 0 Å². The van der Waals surface area contributed by atoms with Gasteiger partial charge in [0.1, 0.15) is 18.1 Å². The zero-order valence-electron chi connectivity index (χ0n) is 20.7. The van der Waals surface area contributed by atoms with Crippen LogP contribution in [0.5, 0.6) is 23.0 Å². The number of anilines is 1. The standard InChI is InChI=1S/C30H25N3O5/c1-35-24-12-13-26-25(16-24)29(30(34)31-22-9-14-27-28(15-22)38-19-37-27)32-33(26)17-20-7-10-23(11-8-20)36-18-21-5-3-2-4-6-21/h2-16H,17-19H2,1H3,(H,31,34). The second kappa shape index (κ2) is 10.2. The van der Waals surface area contributed by atoms with Crippen molar-refractivity contribution in [1.82, 2.24) is 9.78 Å². The number of methoxy groups -OCH3 is 1. The fourth-order valence-corrected chi connectivity index (χ4v) is 4.34. The van der Waals surface area contributed by atoms with E-state index in [-0.39, 0.29) is 12.7 Å². The maximum atomic E-state index is 13.3. The molecule has 0 unspecified atom stereocenters. The largest absolute Gasteiger partial charge is 0.497 e. The average Bonchev–Trinajstić information content (AvgIpc) is 3.57. The molecule has 1 aliphatic heterocycles. The summed E-state index contributed by atoms with van der Waals surface area (Å²) in [5.41, 5.74) is 3.86. The lowest BCUT2D eigenvalue weighted by atomic mass is 10.1. The van der Waals surface area contributed by atoms with Crippen molar-refractivity contribution in [3.05, 3.63) is 108 Å². The van der Waals surface area contributed by atoms with Crippen LogP contribution in [-0.2, 0) is 13.2 Å². The van der Waals surface area contributed by atoms with Crippen molar-refractivity contribution in [2.75, 3.05) is 19.2 Å². The van der Waals surface area contributed by atoms with Crippen molar-refractivity contribution in [1.29, 1.82) is 0 Å². The van der Waals surface area contributed by atoms with Gasteiger partial charge in [-0.2, -0.15) is 5.10 Å². The number of benzene rings is 4. The topological polar surface area (TPSA) is 83.8 Å². The van der Waals surface area contributed by atoms with Gasteiger partial charge in [0.25, 0.3) is 5.91 Å². The lowest BCUT2D eigenvalue weighted by Crippen LogP contribution is -2.14. The minimum absolute atomic E-state index is 0.168. The molecule has 2 heterocycles. The zero-order valence-corrected chi connectivity index (χ0v) is 20.7. The summed E-state index contributed by atoms with van der Waals surface area (Å²) in [5.74, 6) is 2.35. The molecule has 0 saturated carbocycles. The normalized spacial score (nSPS) is 11.9. The summed E-state index contributed by atoms with van der Waals surface area (Å²) >= 11 is 0. The minimum Gasteiger partial charge on any atom is -0.497 e. The molecule has 0 spiro atoms. The Morgan fingerprint density at radius 2 is 1.68 bits per heavy atom. The Labute approximate surface area is 219 Å². The van der Waals surface area contributed by atoms with Gasteiger partial charge >= 0.3 is 0 Å². The number of carbonyl (C=O) groups is 1. The summed E-state index contributed by atoms with van der Waals surface area (Å²) in [7, 11) is 1.60. The van der Waals surface area contributed by atoms with E-state index in [2.05, 4.69) is 10.4 Å². The fourth-order valence-electron chi connectivity index (χ4n) is 4.34. The van der Waals surface area contributed by atoms with E-state index < -0.39 is 0 Å². The van der Waals surface area contributed by atoms with E-state index in [1.54, 1.807) is 25.3 Å². The molecular formula is C30H25N3O5. The Kier molecular flexibility index (Phi) is 6.27. The molecule has 0 radical (unpaired) electrons. The van der Waals surface area contributed by atoms with Crippen LogP contribution in [0.25, 0.3) is 10.9 Å². The number of hydrogen-bond donors (Lipinski definition) is 1. The molecule has 1 aromatic heterocycles. The van der Waals surface area contributed by atoms with Gasteiger partial charge in [-0.15, -0.1) is 0 Å². The molecule has 0 bridgehead atoms. The van der Waals surface area contributed by atoms with Crippen LogP contribution in [-0.4, -0.2) is 29.6 Å². The summed E-state index contributed by atoms with van der Waals surface area (Å²) in [6, 6.07) is 28.8. The molecule has 1 amide bonds. The van der Waals surface area contributed by atoms with Crippen LogP contribution in [0.3, 0.4) is 0 Å². The molecular weight excluding hydrogens is 482 g/mol. The number of hydrogen-bond acceptors (Lipinski definition) is 6. The molecule has 6 rings (SSSR count). The maximum absolute atomic E-state index is 13.3. The summed E-state index contributed by atoms with van der Waals surface area (Å²) in [4.78, 5) is 13.3. The Hall–Kier alpha value is -4.98. The molecule has 0 aliphatic carbocycles. The van der Waals surface area contributed by atoms with Crippen molar-refractivity contribution in [2.24, 2.45) is 0 Å². The molecule has 5 aromatic rings. The van der Waals surface area contributed by atoms with E-state index in [1.807, 2.05) is 77.5 Å². The number of carbonyl (C=O) groups excluding carboxylic acids is 1. The molecule has 38 heavy (non-hydrogen) atoms. The van der Waals surface area contributed by atoms with E-state index in [0.29, 0.717) is 47.2 Å². The van der Waals surface area contributed by atoms with E-state index in [4.69, 9.17) is 18.9 Å². The molecule has 0 atom stereocenters. The van der Waals surface area contributed by atoms with Crippen molar-refractivity contribution < 1.29 is 23.7 Å². The highest BCUT2D eigenvalue weighted by molar-refractivity contribution is 6.11. The van der Waals surface area contributed by atoms with E-state index in [1.165, 1.54) is 0 Å². The second-order valence-electron chi connectivity index (χ2n) is 8.83. The van der Waals surface area contributed by atoms with Crippen molar-refractivity contribution in [2.45, 2.75) is 13.2 Å². The molecule has 8 heteroatoms. The molecule has 0 saturated heterocycles. The fraction of sp³-hybridized carbons (Fsp3) is 0.133. The van der Waals surface area contributed by atoms with Gasteiger partial charge in [0.05, 0.1) is 19.2 Å². The first-order chi connectivity index (χ1) is 18.7. The average molecular weight is 508 g/mol. The molecule has 190 valence electrons. The summed E-state index contributed by atoms with van der Waals surface area (Å²) in [5, 5.41) is 8.31. The Balaban J connectivity index is 1.23. The Morgan fingerprint density at radius 3 is 2.50 bits per heavy atom. The smallest absolute Gasteiger partial charge is 0.276 e. The number of aromatic nitrogens is 2. The molecule has 0 fully saturated rings. The number of rotatable bonds is 8. The van der Waals surface area contributed by atoms with Crippen LogP contribution >= 0.6 is 0 Å². The summed E-state index contributed by atoms with van der Waals surface area (Å²) < 4.78 is 23.9. The predicted molar refractivity (Wildman–Crippen MR) is 143 cm³/mol. The van der Waals surface area contributed by atoms with Gasteiger partial charge in [0.15, 0.2) is 17.2 Å². The highest BCUT2D eigenvalue weighted by Gasteiger charge is 2.20. The van der Waals surface area contributed by atoms with Crippen molar-refractivity contribution >= 4 is 22.5 Å². The highest BCUT2D eigenvalue weighted by atomic mass is 16.7. The minimum atomic E-state index is -0.328. The third-order valence-electron chi connectivity index (χ3n) is 6.31. The SMILES string of the molecule is COc1ccc2c(c1)c(C(=O)Nc1ccc3c(c1)OCO3)nn2Cc1ccc(OCc2ccccc2)cc1. The number of nitrogens with one attached hydrogen (secondary N) is 1. The van der Waals surface area contributed by atoms with Gasteiger partial charge in [-0.25, -0.2) is 0 Å². The third kappa shape index (κ3) is 4.84. The first kappa shape index (κ1) is 23.4. The molecule has 1 N–H and O–H groups in total. The Morgan fingerprint density at radius 1 is 0.895 bits per heavy atom. The zero-order chi connectivity index (χ0) is 25.9. The Bertz CT molecular complexity index is 1600.